The normalized spacial score (nSPS) is 10.9. The number of nitrogens with zero attached hydrogens (tertiary/aromatic N) is 3. The number of aromatic nitrogens is 3. The summed E-state index contributed by atoms with van der Waals surface area (Å²) in [6.07, 6.45) is 0.872. The number of hydrogen-bond acceptors (Lipinski definition) is 5. The molecule has 0 aliphatic heterocycles. The van der Waals surface area contributed by atoms with Gasteiger partial charge >= 0.3 is 0 Å². The number of para-hydroxylation sites is 1. The highest BCUT2D eigenvalue weighted by atomic mass is 35.5. The molecule has 4 rings (SSSR count). The van der Waals surface area contributed by atoms with Gasteiger partial charge in [0.15, 0.2) is 0 Å². The number of ether oxygens (including phenoxy) is 1. The van der Waals surface area contributed by atoms with Crippen LogP contribution in [-0.4, -0.2) is 27.1 Å². The summed E-state index contributed by atoms with van der Waals surface area (Å²) in [5.74, 6) is 0.775. The summed E-state index contributed by atoms with van der Waals surface area (Å²) in [5.41, 5.74) is 2.00. The van der Waals surface area contributed by atoms with Gasteiger partial charge in [0.05, 0.1) is 17.3 Å². The minimum absolute atomic E-state index is 0.151. The Hall–Kier alpha value is -2.90. The smallest absolute Gasteiger partial charge is 0.250 e. The number of halogens is 1. The Morgan fingerprint density at radius 2 is 1.93 bits per heavy atom. The van der Waals surface area contributed by atoms with Gasteiger partial charge in [0.25, 0.3) is 0 Å². The van der Waals surface area contributed by atoms with Crippen LogP contribution in [0, 0.1) is 0 Å². The van der Waals surface area contributed by atoms with E-state index in [2.05, 4.69) is 15.4 Å². The molecule has 8 heteroatoms. The average Bonchev–Trinajstić information content (AvgIpc) is 3.27. The maximum Gasteiger partial charge on any atom is 0.250 e. The van der Waals surface area contributed by atoms with Crippen LogP contribution >= 0.6 is 22.9 Å². The van der Waals surface area contributed by atoms with Gasteiger partial charge in [-0.25, -0.2) is 4.52 Å². The molecule has 0 spiro atoms. The van der Waals surface area contributed by atoms with Crippen LogP contribution in [0.4, 0.5) is 5.95 Å². The van der Waals surface area contributed by atoms with Crippen molar-refractivity contribution in [3.8, 4) is 17.0 Å². The Morgan fingerprint density at radius 1 is 1.14 bits per heavy atom. The van der Waals surface area contributed by atoms with E-state index < -0.39 is 0 Å². The fourth-order valence-corrected chi connectivity index (χ4v) is 3.73. The lowest BCUT2D eigenvalue weighted by Crippen LogP contribution is -2.14. The SMILES string of the molecule is O=C(CCCOc1ccccc1Cl)Nc1nc2scc(-c3ccccc3)n2n1. The Labute approximate surface area is 170 Å². The second kappa shape index (κ2) is 8.41. The van der Waals surface area contributed by atoms with Crippen LogP contribution < -0.4 is 10.1 Å². The zero-order valence-corrected chi connectivity index (χ0v) is 16.4. The number of benzene rings is 2. The first-order valence-electron chi connectivity index (χ1n) is 8.77. The van der Waals surface area contributed by atoms with E-state index in [0.717, 1.165) is 16.2 Å². The largest absolute Gasteiger partial charge is 0.492 e. The maximum absolute atomic E-state index is 12.2. The molecule has 0 bridgehead atoms. The zero-order valence-electron chi connectivity index (χ0n) is 14.8. The summed E-state index contributed by atoms with van der Waals surface area (Å²) in [6.45, 7) is 0.404. The molecule has 6 nitrogen and oxygen atoms in total. The number of thiazole rings is 1. The van der Waals surface area contributed by atoms with Crippen molar-refractivity contribution in [1.82, 2.24) is 14.6 Å². The van der Waals surface area contributed by atoms with Gasteiger partial charge in [-0.05, 0) is 18.6 Å². The molecule has 0 aliphatic rings. The van der Waals surface area contributed by atoms with Crippen molar-refractivity contribution in [3.05, 3.63) is 65.0 Å². The molecule has 0 radical (unpaired) electrons. The van der Waals surface area contributed by atoms with Crippen LogP contribution in [0.25, 0.3) is 16.2 Å². The van der Waals surface area contributed by atoms with E-state index >= 15 is 0 Å². The predicted molar refractivity (Wildman–Crippen MR) is 111 cm³/mol. The quantitative estimate of drug-likeness (QED) is 0.438. The van der Waals surface area contributed by atoms with Crippen molar-refractivity contribution < 1.29 is 9.53 Å². The van der Waals surface area contributed by atoms with E-state index in [1.807, 2.05) is 47.8 Å². The third kappa shape index (κ3) is 4.16. The van der Waals surface area contributed by atoms with Crippen LogP contribution in [0.1, 0.15) is 12.8 Å². The van der Waals surface area contributed by atoms with Crippen molar-refractivity contribution in [3.63, 3.8) is 0 Å². The highest BCUT2D eigenvalue weighted by Gasteiger charge is 2.13. The Bertz CT molecular complexity index is 1090. The standard InChI is InChI=1S/C20H17ClN4O2S/c21-15-9-4-5-10-17(15)27-12-6-11-18(26)22-19-23-20-25(24-19)16(13-28-20)14-7-2-1-3-8-14/h1-5,7-10,13H,6,11-12H2,(H,22,24,26). The molecule has 0 saturated carbocycles. The predicted octanol–water partition coefficient (Wildman–Crippen LogP) is 4.91. The molecule has 142 valence electrons. The number of carbonyl (C=O) groups is 1. The molecule has 2 aromatic heterocycles. The Kier molecular flexibility index (Phi) is 5.55. The lowest BCUT2D eigenvalue weighted by atomic mass is 10.2. The summed E-state index contributed by atoms with van der Waals surface area (Å²) in [4.78, 5) is 17.3. The first-order valence-corrected chi connectivity index (χ1v) is 10.0. The number of hydrogen-bond donors (Lipinski definition) is 1. The first kappa shape index (κ1) is 18.5. The molecule has 4 aromatic rings. The summed E-state index contributed by atoms with van der Waals surface area (Å²) >= 11 is 7.52. The van der Waals surface area contributed by atoms with Crippen molar-refractivity contribution in [2.45, 2.75) is 12.8 Å². The van der Waals surface area contributed by atoms with E-state index in [9.17, 15) is 4.79 Å². The van der Waals surface area contributed by atoms with Crippen molar-refractivity contribution in [2.24, 2.45) is 0 Å². The van der Waals surface area contributed by atoms with Gasteiger partial charge in [-0.15, -0.1) is 16.4 Å². The molecule has 1 amide bonds. The van der Waals surface area contributed by atoms with E-state index in [-0.39, 0.29) is 5.91 Å². The van der Waals surface area contributed by atoms with Crippen molar-refractivity contribution in [2.75, 3.05) is 11.9 Å². The fraction of sp³-hybridized carbons (Fsp3) is 0.150. The van der Waals surface area contributed by atoms with Gasteiger partial charge < -0.3 is 4.74 Å². The van der Waals surface area contributed by atoms with E-state index in [0.29, 0.717) is 36.2 Å². The molecule has 0 aliphatic carbocycles. The van der Waals surface area contributed by atoms with Crippen molar-refractivity contribution >= 4 is 39.8 Å². The average molecular weight is 413 g/mol. The molecule has 0 saturated heterocycles. The summed E-state index contributed by atoms with van der Waals surface area (Å²) < 4.78 is 7.34. The van der Waals surface area contributed by atoms with E-state index in [1.165, 1.54) is 11.3 Å². The Morgan fingerprint density at radius 3 is 2.75 bits per heavy atom. The highest BCUT2D eigenvalue weighted by Crippen LogP contribution is 2.26. The van der Waals surface area contributed by atoms with Gasteiger partial charge in [0, 0.05) is 17.4 Å². The van der Waals surface area contributed by atoms with Gasteiger partial charge in [-0.2, -0.15) is 4.98 Å². The fourth-order valence-electron chi connectivity index (χ4n) is 2.71. The maximum atomic E-state index is 12.2. The molecule has 0 atom stereocenters. The number of rotatable bonds is 7. The monoisotopic (exact) mass is 412 g/mol. The molecule has 2 heterocycles. The molecule has 2 aromatic carbocycles. The van der Waals surface area contributed by atoms with E-state index in [4.69, 9.17) is 16.3 Å². The third-order valence-electron chi connectivity index (χ3n) is 4.04. The number of fused-ring (bicyclic) bond motifs is 1. The van der Waals surface area contributed by atoms with E-state index in [1.54, 1.807) is 16.6 Å². The minimum Gasteiger partial charge on any atom is -0.492 e. The second-order valence-electron chi connectivity index (χ2n) is 6.05. The zero-order chi connectivity index (χ0) is 19.3. The molecule has 0 fully saturated rings. The number of carbonyl (C=O) groups excluding carboxylic acids is 1. The van der Waals surface area contributed by atoms with Gasteiger partial charge in [-0.3, -0.25) is 10.1 Å². The topological polar surface area (TPSA) is 68.5 Å². The molecule has 1 N–H and O–H groups in total. The summed E-state index contributed by atoms with van der Waals surface area (Å²) in [5, 5.41) is 9.72. The van der Waals surface area contributed by atoms with Crippen LogP contribution in [0.3, 0.4) is 0 Å². The lowest BCUT2D eigenvalue weighted by molar-refractivity contribution is -0.116. The van der Waals surface area contributed by atoms with Crippen LogP contribution in [-0.2, 0) is 4.79 Å². The molecular weight excluding hydrogens is 396 g/mol. The number of nitrogens with one attached hydrogen (secondary N) is 1. The van der Waals surface area contributed by atoms with Crippen LogP contribution in [0.15, 0.2) is 60.0 Å². The van der Waals surface area contributed by atoms with Gasteiger partial charge in [-0.1, -0.05) is 54.1 Å². The number of amides is 1. The molecular formula is C20H17ClN4O2S. The minimum atomic E-state index is -0.151. The van der Waals surface area contributed by atoms with Gasteiger partial charge in [0.1, 0.15) is 5.75 Å². The van der Waals surface area contributed by atoms with Crippen molar-refractivity contribution in [1.29, 1.82) is 0 Å². The first-order chi connectivity index (χ1) is 13.7. The summed E-state index contributed by atoms with van der Waals surface area (Å²) in [6, 6.07) is 17.2. The second-order valence-corrected chi connectivity index (χ2v) is 7.29. The third-order valence-corrected chi connectivity index (χ3v) is 5.17. The molecule has 28 heavy (non-hydrogen) atoms. The van der Waals surface area contributed by atoms with Crippen LogP contribution in [0.5, 0.6) is 5.75 Å². The highest BCUT2D eigenvalue weighted by molar-refractivity contribution is 7.15. The number of anilines is 1. The lowest BCUT2D eigenvalue weighted by Gasteiger charge is -2.07. The Balaban J connectivity index is 1.33. The molecule has 0 unspecified atom stereocenters. The summed E-state index contributed by atoms with van der Waals surface area (Å²) in [7, 11) is 0. The van der Waals surface area contributed by atoms with Gasteiger partial charge in [0.2, 0.25) is 16.8 Å². The van der Waals surface area contributed by atoms with Crippen LogP contribution in [0.2, 0.25) is 5.02 Å².